The smallest absolute Gasteiger partial charge is 0.141 e. The van der Waals surface area contributed by atoms with E-state index in [1.165, 1.54) is 18.2 Å². The fraction of sp³-hybridized carbons (Fsp3) is 0.182. The number of H-pyrrole nitrogens is 1. The molecule has 1 aromatic carbocycles. The largest absolute Gasteiger partial charge is 0.508 e. The standard InChI is InChI=1S/C11H12N2O2/c1-2-7-6-12-11(13-7)9-5-8(14)3-4-10(9)15/h3-6,14-15H,2H2,1H3,(H,12,13). The first-order valence-corrected chi connectivity index (χ1v) is 4.77. The van der Waals surface area contributed by atoms with Crippen molar-refractivity contribution in [3.05, 3.63) is 30.1 Å². The van der Waals surface area contributed by atoms with Gasteiger partial charge in [-0.3, -0.25) is 0 Å². The number of hydrogen-bond donors (Lipinski definition) is 3. The quantitative estimate of drug-likeness (QED) is 0.656. The van der Waals surface area contributed by atoms with Crippen LogP contribution in [0.1, 0.15) is 12.6 Å². The number of phenolic OH excluding ortho intramolecular Hbond substituents is 2. The van der Waals surface area contributed by atoms with E-state index in [4.69, 9.17) is 0 Å². The van der Waals surface area contributed by atoms with Gasteiger partial charge >= 0.3 is 0 Å². The number of aromatic amines is 1. The summed E-state index contributed by atoms with van der Waals surface area (Å²) < 4.78 is 0. The second-order valence-electron chi connectivity index (χ2n) is 3.31. The van der Waals surface area contributed by atoms with Gasteiger partial charge in [0.2, 0.25) is 0 Å². The van der Waals surface area contributed by atoms with Crippen molar-refractivity contribution in [2.24, 2.45) is 0 Å². The van der Waals surface area contributed by atoms with Gasteiger partial charge in [0.05, 0.1) is 5.56 Å². The van der Waals surface area contributed by atoms with E-state index in [9.17, 15) is 10.2 Å². The first-order valence-electron chi connectivity index (χ1n) is 4.77. The van der Waals surface area contributed by atoms with Crippen LogP contribution in [-0.2, 0) is 6.42 Å². The Labute approximate surface area is 87.2 Å². The van der Waals surface area contributed by atoms with Crippen molar-refractivity contribution in [3.63, 3.8) is 0 Å². The molecular weight excluding hydrogens is 192 g/mol. The highest BCUT2D eigenvalue weighted by Gasteiger charge is 2.08. The van der Waals surface area contributed by atoms with Gasteiger partial charge in [0.25, 0.3) is 0 Å². The number of nitrogens with zero attached hydrogens (tertiary/aromatic N) is 1. The van der Waals surface area contributed by atoms with Gasteiger partial charge in [0, 0.05) is 11.9 Å². The minimum atomic E-state index is 0.102. The first-order chi connectivity index (χ1) is 7.20. The molecule has 0 fully saturated rings. The Kier molecular flexibility index (Phi) is 2.33. The molecule has 4 heteroatoms. The minimum absolute atomic E-state index is 0.102. The van der Waals surface area contributed by atoms with E-state index < -0.39 is 0 Å². The summed E-state index contributed by atoms with van der Waals surface area (Å²) in [5, 5.41) is 18.9. The third-order valence-corrected chi connectivity index (χ3v) is 2.24. The Balaban J connectivity index is 2.48. The van der Waals surface area contributed by atoms with Crippen LogP contribution in [0.3, 0.4) is 0 Å². The molecule has 0 saturated heterocycles. The van der Waals surface area contributed by atoms with Gasteiger partial charge in [-0.05, 0) is 24.6 Å². The molecule has 0 aliphatic heterocycles. The number of imidazole rings is 1. The van der Waals surface area contributed by atoms with E-state index >= 15 is 0 Å². The van der Waals surface area contributed by atoms with Crippen molar-refractivity contribution >= 4 is 0 Å². The molecule has 3 N–H and O–H groups in total. The fourth-order valence-electron chi connectivity index (χ4n) is 1.39. The van der Waals surface area contributed by atoms with Gasteiger partial charge in [0.15, 0.2) is 0 Å². The van der Waals surface area contributed by atoms with Crippen LogP contribution in [0.5, 0.6) is 11.5 Å². The highest BCUT2D eigenvalue weighted by atomic mass is 16.3. The van der Waals surface area contributed by atoms with Crippen molar-refractivity contribution in [2.75, 3.05) is 0 Å². The Morgan fingerprint density at radius 2 is 2.13 bits per heavy atom. The van der Waals surface area contributed by atoms with Crippen LogP contribution >= 0.6 is 0 Å². The first kappa shape index (κ1) is 9.58. The van der Waals surface area contributed by atoms with Crippen LogP contribution in [0.25, 0.3) is 11.4 Å². The number of nitrogens with one attached hydrogen (secondary N) is 1. The van der Waals surface area contributed by atoms with Gasteiger partial charge < -0.3 is 15.2 Å². The average molecular weight is 204 g/mol. The molecule has 78 valence electrons. The lowest BCUT2D eigenvalue weighted by Gasteiger charge is -2.01. The molecule has 0 radical (unpaired) electrons. The molecule has 4 nitrogen and oxygen atoms in total. The van der Waals surface area contributed by atoms with Crippen molar-refractivity contribution in [3.8, 4) is 22.9 Å². The predicted octanol–water partition coefficient (Wildman–Crippen LogP) is 2.05. The fourth-order valence-corrected chi connectivity index (χ4v) is 1.39. The summed E-state index contributed by atoms with van der Waals surface area (Å²) in [6.07, 6.45) is 2.57. The van der Waals surface area contributed by atoms with Crippen molar-refractivity contribution in [1.29, 1.82) is 0 Å². The molecule has 0 unspecified atom stereocenters. The second kappa shape index (κ2) is 3.65. The number of hydrogen-bond acceptors (Lipinski definition) is 3. The average Bonchev–Trinajstić information content (AvgIpc) is 2.70. The number of benzene rings is 1. The third-order valence-electron chi connectivity index (χ3n) is 2.24. The zero-order valence-corrected chi connectivity index (χ0v) is 8.36. The van der Waals surface area contributed by atoms with Gasteiger partial charge in [-0.2, -0.15) is 0 Å². The molecule has 0 aliphatic rings. The van der Waals surface area contributed by atoms with E-state index in [2.05, 4.69) is 9.97 Å². The number of aromatic nitrogens is 2. The predicted molar refractivity (Wildman–Crippen MR) is 56.7 cm³/mol. The molecule has 0 aliphatic carbocycles. The summed E-state index contributed by atoms with van der Waals surface area (Å²) in [7, 11) is 0. The lowest BCUT2D eigenvalue weighted by atomic mass is 10.2. The van der Waals surface area contributed by atoms with E-state index in [0.717, 1.165) is 12.1 Å². The number of aryl methyl sites for hydroxylation is 1. The van der Waals surface area contributed by atoms with Gasteiger partial charge in [-0.25, -0.2) is 4.98 Å². The molecule has 1 heterocycles. The highest BCUT2D eigenvalue weighted by Crippen LogP contribution is 2.30. The maximum atomic E-state index is 9.60. The molecule has 0 amide bonds. The van der Waals surface area contributed by atoms with E-state index in [-0.39, 0.29) is 11.5 Å². The van der Waals surface area contributed by atoms with Crippen LogP contribution in [0.15, 0.2) is 24.4 Å². The Morgan fingerprint density at radius 3 is 2.80 bits per heavy atom. The van der Waals surface area contributed by atoms with E-state index in [0.29, 0.717) is 11.4 Å². The van der Waals surface area contributed by atoms with Gasteiger partial charge in [-0.15, -0.1) is 0 Å². The summed E-state index contributed by atoms with van der Waals surface area (Å²) in [4.78, 5) is 7.20. The SMILES string of the molecule is CCc1cnc(-c2cc(O)ccc2O)[nH]1. The van der Waals surface area contributed by atoms with Crippen LogP contribution < -0.4 is 0 Å². The maximum absolute atomic E-state index is 9.60. The van der Waals surface area contributed by atoms with Crippen LogP contribution in [0, 0.1) is 0 Å². The van der Waals surface area contributed by atoms with Crippen LogP contribution in [-0.4, -0.2) is 20.2 Å². The Hall–Kier alpha value is -1.97. The van der Waals surface area contributed by atoms with Crippen molar-refractivity contribution in [1.82, 2.24) is 9.97 Å². The highest BCUT2D eigenvalue weighted by molar-refractivity contribution is 5.65. The third kappa shape index (κ3) is 1.79. The summed E-state index contributed by atoms with van der Waals surface area (Å²) in [6, 6.07) is 4.36. The van der Waals surface area contributed by atoms with Gasteiger partial charge in [-0.1, -0.05) is 6.92 Å². The molecule has 2 rings (SSSR count). The summed E-state index contributed by atoms with van der Waals surface area (Å²) >= 11 is 0. The Morgan fingerprint density at radius 1 is 1.33 bits per heavy atom. The number of aromatic hydroxyl groups is 2. The van der Waals surface area contributed by atoms with Crippen molar-refractivity contribution in [2.45, 2.75) is 13.3 Å². The van der Waals surface area contributed by atoms with Crippen LogP contribution in [0.2, 0.25) is 0 Å². The molecule has 1 aromatic heterocycles. The monoisotopic (exact) mass is 204 g/mol. The van der Waals surface area contributed by atoms with Gasteiger partial charge in [0.1, 0.15) is 17.3 Å². The molecular formula is C11H12N2O2. The lowest BCUT2D eigenvalue weighted by molar-refractivity contribution is 0.461. The molecule has 0 saturated carbocycles. The van der Waals surface area contributed by atoms with E-state index in [1.54, 1.807) is 6.20 Å². The lowest BCUT2D eigenvalue weighted by Crippen LogP contribution is -1.83. The minimum Gasteiger partial charge on any atom is -0.508 e. The summed E-state index contributed by atoms with van der Waals surface area (Å²) in [6.45, 7) is 2.01. The van der Waals surface area contributed by atoms with E-state index in [1.807, 2.05) is 6.92 Å². The summed E-state index contributed by atoms with van der Waals surface area (Å²) in [5.74, 6) is 0.780. The zero-order chi connectivity index (χ0) is 10.8. The number of rotatable bonds is 2. The molecule has 0 atom stereocenters. The van der Waals surface area contributed by atoms with Crippen molar-refractivity contribution < 1.29 is 10.2 Å². The maximum Gasteiger partial charge on any atom is 0.141 e. The second-order valence-corrected chi connectivity index (χ2v) is 3.31. The molecule has 2 aromatic rings. The Bertz CT molecular complexity index is 477. The molecule has 0 spiro atoms. The topological polar surface area (TPSA) is 69.1 Å². The number of phenols is 2. The zero-order valence-electron chi connectivity index (χ0n) is 8.36. The summed E-state index contributed by atoms with van der Waals surface area (Å²) in [5.41, 5.74) is 1.50. The van der Waals surface area contributed by atoms with Crippen LogP contribution in [0.4, 0.5) is 0 Å². The molecule has 15 heavy (non-hydrogen) atoms. The molecule has 0 bridgehead atoms. The normalized spacial score (nSPS) is 10.5.